The summed E-state index contributed by atoms with van der Waals surface area (Å²) in [4.78, 5) is 0. The molecule has 0 aromatic carbocycles. The lowest BCUT2D eigenvalue weighted by molar-refractivity contribution is -0.0497. The Balaban J connectivity index is 2.53. The molecule has 1 aliphatic rings. The summed E-state index contributed by atoms with van der Waals surface area (Å²) in [7, 11) is -3.32. The molecule has 0 unspecified atom stereocenters. The van der Waals surface area contributed by atoms with E-state index in [2.05, 4.69) is 5.32 Å². The second-order valence-electron chi connectivity index (χ2n) is 4.19. The predicted molar refractivity (Wildman–Crippen MR) is 57.8 cm³/mol. The van der Waals surface area contributed by atoms with E-state index in [0.717, 1.165) is 13.0 Å². The van der Waals surface area contributed by atoms with Crippen LogP contribution in [0.15, 0.2) is 0 Å². The maximum absolute atomic E-state index is 12.3. The monoisotopic (exact) mass is 274 g/mol. The Labute approximate surface area is 99.2 Å². The summed E-state index contributed by atoms with van der Waals surface area (Å²) in [6.45, 7) is 0.739. The number of sulfonamides is 1. The zero-order chi connectivity index (χ0) is 13.1. The molecule has 1 N–H and O–H groups in total. The van der Waals surface area contributed by atoms with Gasteiger partial charge in [-0.3, -0.25) is 0 Å². The summed E-state index contributed by atoms with van der Waals surface area (Å²) in [5.74, 6) is 0.308. The average molecular weight is 274 g/mol. The number of nitrogens with one attached hydrogen (secondary N) is 1. The van der Waals surface area contributed by atoms with Gasteiger partial charge in [0.15, 0.2) is 0 Å². The zero-order valence-electron chi connectivity index (χ0n) is 9.63. The molecule has 0 spiro atoms. The minimum atomic E-state index is -5.18. The highest BCUT2D eigenvalue weighted by molar-refractivity contribution is 7.90. The van der Waals surface area contributed by atoms with E-state index in [1.807, 2.05) is 7.05 Å². The van der Waals surface area contributed by atoms with Crippen LogP contribution in [0.1, 0.15) is 19.3 Å². The van der Waals surface area contributed by atoms with Gasteiger partial charge < -0.3 is 5.32 Å². The third-order valence-corrected chi connectivity index (χ3v) is 4.64. The van der Waals surface area contributed by atoms with E-state index in [1.54, 1.807) is 0 Å². The maximum atomic E-state index is 12.3. The van der Waals surface area contributed by atoms with Crippen LogP contribution >= 0.6 is 0 Å². The predicted octanol–water partition coefficient (Wildman–Crippen LogP) is 1.16. The van der Waals surface area contributed by atoms with Gasteiger partial charge in [0.25, 0.3) is 0 Å². The number of alkyl halides is 3. The van der Waals surface area contributed by atoms with Crippen molar-refractivity contribution in [3.63, 3.8) is 0 Å². The fourth-order valence-corrected chi connectivity index (χ4v) is 2.92. The Hall–Kier alpha value is -0.340. The molecule has 0 atom stereocenters. The largest absolute Gasteiger partial charge is 0.511 e. The molecule has 0 aromatic heterocycles. The molecule has 17 heavy (non-hydrogen) atoms. The van der Waals surface area contributed by atoms with Crippen molar-refractivity contribution in [3.8, 4) is 0 Å². The van der Waals surface area contributed by atoms with E-state index in [-0.39, 0.29) is 13.1 Å². The number of piperidine rings is 1. The van der Waals surface area contributed by atoms with Crippen molar-refractivity contribution in [2.75, 3.05) is 26.7 Å². The first-order chi connectivity index (χ1) is 7.79. The maximum Gasteiger partial charge on any atom is 0.511 e. The summed E-state index contributed by atoms with van der Waals surface area (Å²) in [6.07, 6.45) is 1.87. The molecular formula is C9H17F3N2O2S. The lowest BCUT2D eigenvalue weighted by Gasteiger charge is -2.31. The van der Waals surface area contributed by atoms with Crippen molar-refractivity contribution >= 4 is 10.0 Å². The summed E-state index contributed by atoms with van der Waals surface area (Å²) >= 11 is 0. The fourth-order valence-electron chi connectivity index (χ4n) is 1.93. The Morgan fingerprint density at radius 2 is 1.82 bits per heavy atom. The number of halogens is 3. The third kappa shape index (κ3) is 3.56. The van der Waals surface area contributed by atoms with Crippen molar-refractivity contribution in [1.82, 2.24) is 9.62 Å². The molecule has 1 fully saturated rings. The van der Waals surface area contributed by atoms with Crippen molar-refractivity contribution in [3.05, 3.63) is 0 Å². The van der Waals surface area contributed by atoms with Gasteiger partial charge in [-0.25, -0.2) is 8.42 Å². The van der Waals surface area contributed by atoms with Gasteiger partial charge in [0.05, 0.1) is 0 Å². The molecule has 0 aromatic rings. The topological polar surface area (TPSA) is 49.4 Å². The van der Waals surface area contributed by atoms with E-state index >= 15 is 0 Å². The SMILES string of the molecule is CNCCC1CCN(S(=O)(=O)C(F)(F)F)CC1. The molecule has 8 heteroatoms. The lowest BCUT2D eigenvalue weighted by Crippen LogP contribution is -2.45. The Morgan fingerprint density at radius 3 is 2.24 bits per heavy atom. The first kappa shape index (κ1) is 14.7. The van der Waals surface area contributed by atoms with E-state index in [0.29, 0.717) is 23.1 Å². The minimum Gasteiger partial charge on any atom is -0.320 e. The molecule has 1 aliphatic heterocycles. The quantitative estimate of drug-likeness (QED) is 0.837. The van der Waals surface area contributed by atoms with E-state index in [1.165, 1.54) is 0 Å². The fraction of sp³-hybridized carbons (Fsp3) is 1.00. The van der Waals surface area contributed by atoms with Crippen LogP contribution in [0.5, 0.6) is 0 Å². The van der Waals surface area contributed by atoms with Crippen LogP contribution in [0.25, 0.3) is 0 Å². The van der Waals surface area contributed by atoms with E-state index < -0.39 is 15.5 Å². The smallest absolute Gasteiger partial charge is 0.320 e. The molecule has 0 radical (unpaired) electrons. The van der Waals surface area contributed by atoms with Crippen molar-refractivity contribution < 1.29 is 21.6 Å². The van der Waals surface area contributed by atoms with Crippen LogP contribution in [-0.4, -0.2) is 44.9 Å². The van der Waals surface area contributed by atoms with Gasteiger partial charge >= 0.3 is 15.5 Å². The average Bonchev–Trinajstić information content (AvgIpc) is 2.25. The summed E-state index contributed by atoms with van der Waals surface area (Å²) in [5.41, 5.74) is -5.18. The standard InChI is InChI=1S/C9H17F3N2O2S/c1-13-5-2-8-3-6-14(7-4-8)17(15,16)9(10,11)12/h8,13H,2-7H2,1H3. The van der Waals surface area contributed by atoms with Gasteiger partial charge in [-0.2, -0.15) is 17.5 Å². The van der Waals surface area contributed by atoms with Crippen LogP contribution in [0, 0.1) is 5.92 Å². The highest BCUT2D eigenvalue weighted by Crippen LogP contribution is 2.30. The van der Waals surface area contributed by atoms with Crippen molar-refractivity contribution in [2.45, 2.75) is 24.8 Å². The first-order valence-electron chi connectivity index (χ1n) is 5.50. The summed E-state index contributed by atoms with van der Waals surface area (Å²) < 4.78 is 59.6. The molecule has 1 heterocycles. The Bertz CT molecular complexity index is 335. The molecule has 0 saturated carbocycles. The first-order valence-corrected chi connectivity index (χ1v) is 6.94. The van der Waals surface area contributed by atoms with Crippen molar-refractivity contribution in [2.24, 2.45) is 5.92 Å². The number of nitrogens with zero attached hydrogens (tertiary/aromatic N) is 1. The second kappa shape index (κ2) is 5.53. The molecule has 1 rings (SSSR count). The van der Waals surface area contributed by atoms with Gasteiger partial charge in [-0.05, 0) is 38.8 Å². The summed E-state index contributed by atoms with van der Waals surface area (Å²) in [5, 5.41) is 2.97. The van der Waals surface area contributed by atoms with Crippen LogP contribution in [0.2, 0.25) is 0 Å². The normalized spacial score (nSPS) is 20.7. The molecule has 0 bridgehead atoms. The molecule has 0 amide bonds. The van der Waals surface area contributed by atoms with Crippen LogP contribution in [0.3, 0.4) is 0 Å². The number of rotatable bonds is 4. The number of hydrogen-bond donors (Lipinski definition) is 1. The van der Waals surface area contributed by atoms with Crippen LogP contribution in [0.4, 0.5) is 13.2 Å². The second-order valence-corrected chi connectivity index (χ2v) is 6.11. The van der Waals surface area contributed by atoms with Gasteiger partial charge in [0.2, 0.25) is 0 Å². The van der Waals surface area contributed by atoms with Crippen LogP contribution in [-0.2, 0) is 10.0 Å². The molecule has 4 nitrogen and oxygen atoms in total. The van der Waals surface area contributed by atoms with Gasteiger partial charge in [-0.15, -0.1) is 0 Å². The van der Waals surface area contributed by atoms with E-state index in [4.69, 9.17) is 0 Å². The highest BCUT2D eigenvalue weighted by atomic mass is 32.2. The number of hydrogen-bond acceptors (Lipinski definition) is 3. The van der Waals surface area contributed by atoms with Gasteiger partial charge in [-0.1, -0.05) is 0 Å². The zero-order valence-corrected chi connectivity index (χ0v) is 10.4. The summed E-state index contributed by atoms with van der Waals surface area (Å²) in [6, 6.07) is 0. The molecule has 1 saturated heterocycles. The third-order valence-electron chi connectivity index (χ3n) is 3.01. The minimum absolute atomic E-state index is 0.0315. The highest BCUT2D eigenvalue weighted by Gasteiger charge is 2.50. The Kier molecular flexibility index (Phi) is 4.79. The molecule has 0 aliphatic carbocycles. The van der Waals surface area contributed by atoms with Crippen molar-refractivity contribution in [1.29, 1.82) is 0 Å². The van der Waals surface area contributed by atoms with Gasteiger partial charge in [0.1, 0.15) is 0 Å². The molecular weight excluding hydrogens is 257 g/mol. The van der Waals surface area contributed by atoms with Crippen LogP contribution < -0.4 is 5.32 Å². The lowest BCUT2D eigenvalue weighted by atomic mass is 9.95. The Morgan fingerprint density at radius 1 is 1.29 bits per heavy atom. The van der Waals surface area contributed by atoms with Gasteiger partial charge in [0, 0.05) is 13.1 Å². The van der Waals surface area contributed by atoms with E-state index in [9.17, 15) is 21.6 Å². The molecule has 102 valence electrons.